The molecule has 1 fully saturated rings. The first-order valence-corrected chi connectivity index (χ1v) is 9.58. The Bertz CT molecular complexity index is 779. The molecule has 0 atom stereocenters. The van der Waals surface area contributed by atoms with E-state index in [-0.39, 0.29) is 0 Å². The monoisotopic (exact) mass is 409 g/mol. The number of nitrogens with one attached hydrogen (secondary N) is 1. The Hall–Kier alpha value is -1.53. The zero-order valence-electron chi connectivity index (χ0n) is 14.5. The summed E-state index contributed by atoms with van der Waals surface area (Å²) in [7, 11) is 1.66. The van der Waals surface area contributed by atoms with Crippen LogP contribution in [0.4, 0.5) is 5.69 Å². The second-order valence-corrected chi connectivity index (χ2v) is 7.34. The topological polar surface area (TPSA) is 27.7 Å². The molecule has 0 amide bonds. The van der Waals surface area contributed by atoms with Gasteiger partial charge in [0.05, 0.1) is 22.8 Å². The molecule has 0 aliphatic carbocycles. The number of methoxy groups -OCH3 is 1. The Kier molecular flexibility index (Phi) is 6.59. The lowest BCUT2D eigenvalue weighted by Crippen LogP contribution is -2.49. The zero-order valence-corrected chi connectivity index (χ0v) is 16.9. The van der Waals surface area contributed by atoms with Crippen molar-refractivity contribution in [2.45, 2.75) is 6.54 Å². The highest BCUT2D eigenvalue weighted by molar-refractivity contribution is 7.80. The number of para-hydroxylation sites is 2. The van der Waals surface area contributed by atoms with Crippen LogP contribution in [-0.4, -0.2) is 48.2 Å². The molecular formula is C19H21Cl2N3OS. The summed E-state index contributed by atoms with van der Waals surface area (Å²) in [5, 5.41) is 5.21. The lowest BCUT2D eigenvalue weighted by atomic mass is 10.2. The molecule has 1 saturated heterocycles. The predicted octanol–water partition coefficient (Wildman–Crippen LogP) is 4.52. The lowest BCUT2D eigenvalue weighted by Gasteiger charge is -2.36. The van der Waals surface area contributed by atoms with Gasteiger partial charge in [0.15, 0.2) is 5.11 Å². The third-order valence-corrected chi connectivity index (χ3v) is 5.50. The van der Waals surface area contributed by atoms with E-state index in [1.165, 1.54) is 5.56 Å². The molecule has 0 aromatic heterocycles. The number of rotatable bonds is 4. The highest BCUT2D eigenvalue weighted by Gasteiger charge is 2.20. The summed E-state index contributed by atoms with van der Waals surface area (Å²) in [6.45, 7) is 4.49. The van der Waals surface area contributed by atoms with Crippen LogP contribution in [0.25, 0.3) is 0 Å². The van der Waals surface area contributed by atoms with Gasteiger partial charge in [0.2, 0.25) is 0 Å². The molecule has 0 saturated carbocycles. The first-order valence-electron chi connectivity index (χ1n) is 8.42. The molecule has 3 rings (SSSR count). The number of piperazine rings is 1. The fraction of sp³-hybridized carbons (Fsp3) is 0.316. The molecule has 138 valence electrons. The van der Waals surface area contributed by atoms with Crippen molar-refractivity contribution >= 4 is 46.2 Å². The van der Waals surface area contributed by atoms with Gasteiger partial charge < -0.3 is 15.0 Å². The number of halogens is 2. The molecule has 0 bridgehead atoms. The van der Waals surface area contributed by atoms with E-state index in [1.54, 1.807) is 7.11 Å². The van der Waals surface area contributed by atoms with Crippen molar-refractivity contribution in [2.24, 2.45) is 0 Å². The number of hydrogen-bond donors (Lipinski definition) is 1. The number of hydrogen-bond acceptors (Lipinski definition) is 3. The largest absolute Gasteiger partial charge is 0.495 e. The van der Waals surface area contributed by atoms with Gasteiger partial charge in [0, 0.05) is 32.7 Å². The summed E-state index contributed by atoms with van der Waals surface area (Å²) in [6, 6.07) is 13.6. The number of thiocarbonyl (C=S) groups is 1. The Morgan fingerprint density at radius 1 is 1.08 bits per heavy atom. The van der Waals surface area contributed by atoms with Crippen molar-refractivity contribution in [3.8, 4) is 5.75 Å². The molecule has 0 spiro atoms. The van der Waals surface area contributed by atoms with Crippen LogP contribution in [-0.2, 0) is 6.54 Å². The van der Waals surface area contributed by atoms with E-state index in [1.807, 2.05) is 42.5 Å². The fourth-order valence-electron chi connectivity index (χ4n) is 2.95. The quantitative estimate of drug-likeness (QED) is 0.749. The van der Waals surface area contributed by atoms with Gasteiger partial charge in [0.25, 0.3) is 0 Å². The number of ether oxygens (including phenoxy) is 1. The maximum Gasteiger partial charge on any atom is 0.173 e. The molecule has 0 radical (unpaired) electrons. The molecule has 2 aromatic rings. The second kappa shape index (κ2) is 8.91. The highest BCUT2D eigenvalue weighted by atomic mass is 35.5. The molecule has 1 aliphatic heterocycles. The van der Waals surface area contributed by atoms with Gasteiger partial charge in [-0.05, 0) is 42.0 Å². The molecule has 2 aromatic carbocycles. The number of nitrogens with zero attached hydrogens (tertiary/aromatic N) is 2. The SMILES string of the molecule is COc1ccccc1NC(=S)N1CCN(Cc2ccc(Cl)c(Cl)c2)CC1. The zero-order chi connectivity index (χ0) is 18.5. The van der Waals surface area contributed by atoms with Gasteiger partial charge in [-0.25, -0.2) is 0 Å². The standard InChI is InChI=1S/C19H21Cl2N3OS/c1-25-18-5-3-2-4-17(18)22-19(26)24-10-8-23(9-11-24)13-14-6-7-15(20)16(21)12-14/h2-7,12H,8-11,13H2,1H3,(H,22,26). The second-order valence-electron chi connectivity index (χ2n) is 6.14. The van der Waals surface area contributed by atoms with Crippen LogP contribution in [0, 0.1) is 0 Å². The van der Waals surface area contributed by atoms with Crippen molar-refractivity contribution in [1.29, 1.82) is 0 Å². The van der Waals surface area contributed by atoms with Crippen LogP contribution in [0.2, 0.25) is 10.0 Å². The third kappa shape index (κ3) is 4.80. The van der Waals surface area contributed by atoms with E-state index in [2.05, 4.69) is 15.1 Å². The van der Waals surface area contributed by atoms with E-state index in [0.717, 1.165) is 49.3 Å². The normalized spacial score (nSPS) is 15.0. The van der Waals surface area contributed by atoms with Crippen molar-refractivity contribution in [3.63, 3.8) is 0 Å². The van der Waals surface area contributed by atoms with Crippen molar-refractivity contribution in [2.75, 3.05) is 38.6 Å². The minimum Gasteiger partial charge on any atom is -0.495 e. The average molecular weight is 410 g/mol. The van der Waals surface area contributed by atoms with Crippen LogP contribution in [0.5, 0.6) is 5.75 Å². The van der Waals surface area contributed by atoms with Crippen LogP contribution in [0.1, 0.15) is 5.56 Å². The fourth-order valence-corrected chi connectivity index (χ4v) is 3.56. The van der Waals surface area contributed by atoms with E-state index < -0.39 is 0 Å². The molecule has 1 heterocycles. The molecule has 1 aliphatic rings. The Morgan fingerprint density at radius 2 is 1.81 bits per heavy atom. The molecule has 1 N–H and O–H groups in total. The highest BCUT2D eigenvalue weighted by Crippen LogP contribution is 2.25. The summed E-state index contributed by atoms with van der Waals surface area (Å²) in [6.07, 6.45) is 0. The van der Waals surface area contributed by atoms with E-state index >= 15 is 0 Å². The molecule has 4 nitrogen and oxygen atoms in total. The van der Waals surface area contributed by atoms with Crippen LogP contribution >= 0.6 is 35.4 Å². The lowest BCUT2D eigenvalue weighted by molar-refractivity contribution is 0.177. The molecule has 0 unspecified atom stereocenters. The van der Waals surface area contributed by atoms with Gasteiger partial charge in [0.1, 0.15) is 5.75 Å². The Labute approximate surface area is 169 Å². The van der Waals surface area contributed by atoms with E-state index in [0.29, 0.717) is 10.0 Å². The molecular weight excluding hydrogens is 389 g/mol. The third-order valence-electron chi connectivity index (χ3n) is 4.40. The van der Waals surface area contributed by atoms with E-state index in [4.69, 9.17) is 40.2 Å². The predicted molar refractivity (Wildman–Crippen MR) is 113 cm³/mol. The summed E-state index contributed by atoms with van der Waals surface area (Å²) in [4.78, 5) is 4.58. The van der Waals surface area contributed by atoms with Crippen molar-refractivity contribution in [1.82, 2.24) is 9.80 Å². The first kappa shape index (κ1) is 19.2. The number of benzene rings is 2. The molecule has 7 heteroatoms. The smallest absolute Gasteiger partial charge is 0.173 e. The van der Waals surface area contributed by atoms with Crippen LogP contribution in [0.15, 0.2) is 42.5 Å². The maximum atomic E-state index is 6.10. The van der Waals surface area contributed by atoms with Gasteiger partial charge in [-0.2, -0.15) is 0 Å². The Morgan fingerprint density at radius 3 is 2.50 bits per heavy atom. The summed E-state index contributed by atoms with van der Waals surface area (Å²) >= 11 is 17.7. The minimum atomic E-state index is 0.591. The van der Waals surface area contributed by atoms with E-state index in [9.17, 15) is 0 Å². The summed E-state index contributed by atoms with van der Waals surface area (Å²) in [5.74, 6) is 0.785. The van der Waals surface area contributed by atoms with Crippen LogP contribution in [0.3, 0.4) is 0 Å². The first-order chi connectivity index (χ1) is 12.6. The molecule has 26 heavy (non-hydrogen) atoms. The number of anilines is 1. The van der Waals surface area contributed by atoms with Gasteiger partial charge in [-0.1, -0.05) is 41.4 Å². The van der Waals surface area contributed by atoms with Crippen molar-refractivity contribution < 1.29 is 4.74 Å². The maximum absolute atomic E-state index is 6.10. The summed E-state index contributed by atoms with van der Waals surface area (Å²) < 4.78 is 5.37. The Balaban J connectivity index is 1.53. The van der Waals surface area contributed by atoms with Gasteiger partial charge in [-0.15, -0.1) is 0 Å². The van der Waals surface area contributed by atoms with Gasteiger partial charge in [-0.3, -0.25) is 4.90 Å². The minimum absolute atomic E-state index is 0.591. The van der Waals surface area contributed by atoms with Gasteiger partial charge >= 0.3 is 0 Å². The average Bonchev–Trinajstić information content (AvgIpc) is 2.66. The summed E-state index contributed by atoms with van der Waals surface area (Å²) in [5.41, 5.74) is 2.06. The van der Waals surface area contributed by atoms with Crippen molar-refractivity contribution in [3.05, 3.63) is 58.1 Å². The van der Waals surface area contributed by atoms with Crippen LogP contribution < -0.4 is 10.1 Å².